The van der Waals surface area contributed by atoms with Crippen molar-refractivity contribution in [2.75, 3.05) is 37.6 Å². The van der Waals surface area contributed by atoms with Gasteiger partial charge in [-0.2, -0.15) is 0 Å². The predicted molar refractivity (Wildman–Crippen MR) is 138 cm³/mol. The van der Waals surface area contributed by atoms with E-state index in [0.29, 0.717) is 17.9 Å². The standard InChI is InChI=1S/C26H31Br2N3O/c27-19-6-9-21(10-7-19)31-24-11-8-20(28)17-22(24)23-18-29(16-12-25(23)31)13-3-4-15-30-14-2-1-5-26(30)32/h6-11,17,23,25H,1-5,12-16,18H2. The second kappa shape index (κ2) is 9.86. The average Bonchev–Trinajstić information content (AvgIpc) is 3.11. The summed E-state index contributed by atoms with van der Waals surface area (Å²) in [6.45, 7) is 5.29. The summed E-state index contributed by atoms with van der Waals surface area (Å²) < 4.78 is 2.28. The van der Waals surface area contributed by atoms with Gasteiger partial charge in [0.15, 0.2) is 0 Å². The van der Waals surface area contributed by atoms with E-state index in [-0.39, 0.29) is 0 Å². The Morgan fingerprint density at radius 3 is 2.50 bits per heavy atom. The zero-order chi connectivity index (χ0) is 22.1. The van der Waals surface area contributed by atoms with Gasteiger partial charge >= 0.3 is 0 Å². The second-order valence-electron chi connectivity index (χ2n) is 9.36. The van der Waals surface area contributed by atoms with Crippen LogP contribution in [0, 0.1) is 0 Å². The fourth-order valence-electron chi connectivity index (χ4n) is 5.71. The van der Waals surface area contributed by atoms with E-state index in [1.54, 1.807) is 0 Å². The number of hydrogen-bond acceptors (Lipinski definition) is 3. The molecule has 3 aliphatic rings. The van der Waals surface area contributed by atoms with Gasteiger partial charge in [-0.3, -0.25) is 4.79 Å². The molecule has 3 heterocycles. The van der Waals surface area contributed by atoms with Crippen molar-refractivity contribution in [1.82, 2.24) is 9.80 Å². The lowest BCUT2D eigenvalue weighted by Gasteiger charge is -2.39. The van der Waals surface area contributed by atoms with Crippen molar-refractivity contribution < 1.29 is 4.79 Å². The Morgan fingerprint density at radius 2 is 1.69 bits per heavy atom. The molecule has 170 valence electrons. The van der Waals surface area contributed by atoms with Gasteiger partial charge in [0.2, 0.25) is 5.91 Å². The molecule has 2 aromatic carbocycles. The van der Waals surface area contributed by atoms with Crippen LogP contribution < -0.4 is 4.90 Å². The Morgan fingerprint density at radius 1 is 0.906 bits per heavy atom. The van der Waals surface area contributed by atoms with E-state index in [4.69, 9.17) is 0 Å². The number of piperidine rings is 2. The molecule has 4 nitrogen and oxygen atoms in total. The molecule has 0 saturated carbocycles. The number of nitrogens with zero attached hydrogens (tertiary/aromatic N) is 3. The molecule has 2 fully saturated rings. The molecule has 2 unspecified atom stereocenters. The van der Waals surface area contributed by atoms with E-state index in [0.717, 1.165) is 60.9 Å². The fraction of sp³-hybridized carbons (Fsp3) is 0.500. The van der Waals surface area contributed by atoms with Crippen molar-refractivity contribution in [2.45, 2.75) is 50.5 Å². The van der Waals surface area contributed by atoms with Crippen LogP contribution in [0.1, 0.15) is 50.0 Å². The van der Waals surface area contributed by atoms with Gasteiger partial charge in [0.05, 0.1) is 0 Å². The topological polar surface area (TPSA) is 26.8 Å². The summed E-state index contributed by atoms with van der Waals surface area (Å²) in [6, 6.07) is 16.0. The lowest BCUT2D eigenvalue weighted by Crippen LogP contribution is -2.45. The SMILES string of the molecule is O=C1CCCCN1CCCCN1CCC2C(C1)c1cc(Br)ccc1N2c1ccc(Br)cc1. The molecule has 0 radical (unpaired) electrons. The first-order valence-corrected chi connectivity index (χ1v) is 13.5. The zero-order valence-electron chi connectivity index (χ0n) is 18.5. The minimum atomic E-state index is 0.359. The van der Waals surface area contributed by atoms with Crippen LogP contribution in [0.15, 0.2) is 51.4 Å². The highest BCUT2D eigenvalue weighted by atomic mass is 79.9. The average molecular weight is 561 g/mol. The lowest BCUT2D eigenvalue weighted by molar-refractivity contribution is -0.133. The molecule has 2 saturated heterocycles. The lowest BCUT2D eigenvalue weighted by atomic mass is 9.89. The van der Waals surface area contributed by atoms with Crippen molar-refractivity contribution in [3.63, 3.8) is 0 Å². The molecule has 2 atom stereocenters. The molecule has 3 aliphatic heterocycles. The largest absolute Gasteiger partial charge is 0.343 e. The van der Waals surface area contributed by atoms with Crippen molar-refractivity contribution in [3.8, 4) is 0 Å². The smallest absolute Gasteiger partial charge is 0.222 e. The summed E-state index contributed by atoms with van der Waals surface area (Å²) >= 11 is 7.28. The maximum Gasteiger partial charge on any atom is 0.222 e. The van der Waals surface area contributed by atoms with Crippen LogP contribution in [0.2, 0.25) is 0 Å². The highest BCUT2D eigenvalue weighted by Gasteiger charge is 2.42. The third-order valence-electron chi connectivity index (χ3n) is 7.32. The molecule has 0 aliphatic carbocycles. The first-order chi connectivity index (χ1) is 15.6. The van der Waals surface area contributed by atoms with E-state index in [1.807, 2.05) is 0 Å². The Labute approximate surface area is 208 Å². The number of carbonyl (C=O) groups excluding carboxylic acids is 1. The Hall–Kier alpha value is -1.37. The van der Waals surface area contributed by atoms with Gasteiger partial charge < -0.3 is 14.7 Å². The maximum atomic E-state index is 12.0. The van der Waals surface area contributed by atoms with Gasteiger partial charge in [-0.05, 0) is 86.7 Å². The third-order valence-corrected chi connectivity index (χ3v) is 8.34. The molecule has 0 bridgehead atoms. The van der Waals surface area contributed by atoms with Crippen LogP contribution in [-0.2, 0) is 4.79 Å². The molecule has 5 rings (SSSR count). The molecule has 0 aromatic heterocycles. The number of carbonyl (C=O) groups is 1. The Bertz CT molecular complexity index is 964. The number of anilines is 2. The van der Waals surface area contributed by atoms with E-state index in [9.17, 15) is 4.79 Å². The summed E-state index contributed by atoms with van der Waals surface area (Å²) in [4.78, 5) is 19.3. The van der Waals surface area contributed by atoms with Crippen LogP contribution in [0.25, 0.3) is 0 Å². The Kier molecular flexibility index (Phi) is 6.91. The number of benzene rings is 2. The van der Waals surface area contributed by atoms with Crippen molar-refractivity contribution >= 4 is 49.1 Å². The fourth-order valence-corrected chi connectivity index (χ4v) is 6.36. The number of rotatable bonds is 6. The van der Waals surface area contributed by atoms with Gasteiger partial charge in [-0.25, -0.2) is 0 Å². The summed E-state index contributed by atoms with van der Waals surface area (Å²) in [6.07, 6.45) is 6.45. The van der Waals surface area contributed by atoms with Crippen molar-refractivity contribution in [3.05, 3.63) is 57.0 Å². The molecule has 32 heavy (non-hydrogen) atoms. The molecule has 1 amide bonds. The van der Waals surface area contributed by atoms with E-state index >= 15 is 0 Å². The number of fused-ring (bicyclic) bond motifs is 3. The van der Waals surface area contributed by atoms with Crippen LogP contribution in [0.5, 0.6) is 0 Å². The van der Waals surface area contributed by atoms with Gasteiger partial charge in [0.1, 0.15) is 0 Å². The van der Waals surface area contributed by atoms with Gasteiger partial charge in [-0.1, -0.05) is 31.9 Å². The second-order valence-corrected chi connectivity index (χ2v) is 11.2. The third kappa shape index (κ3) is 4.64. The van der Waals surface area contributed by atoms with Gasteiger partial charge in [0, 0.05) is 64.9 Å². The van der Waals surface area contributed by atoms with Gasteiger partial charge in [0.25, 0.3) is 0 Å². The van der Waals surface area contributed by atoms with Crippen LogP contribution in [0.4, 0.5) is 11.4 Å². The summed E-state index contributed by atoms with van der Waals surface area (Å²) in [5.74, 6) is 0.891. The normalized spacial score (nSPS) is 23.4. The molecule has 6 heteroatoms. The van der Waals surface area contributed by atoms with E-state index in [1.165, 1.54) is 36.2 Å². The summed E-state index contributed by atoms with van der Waals surface area (Å²) in [5, 5.41) is 0. The van der Waals surface area contributed by atoms with Gasteiger partial charge in [-0.15, -0.1) is 0 Å². The van der Waals surface area contributed by atoms with E-state index < -0.39 is 0 Å². The number of hydrogen-bond donors (Lipinski definition) is 0. The zero-order valence-corrected chi connectivity index (χ0v) is 21.7. The van der Waals surface area contributed by atoms with E-state index in [2.05, 4.69) is 89.0 Å². The highest BCUT2D eigenvalue weighted by molar-refractivity contribution is 9.10. The molecule has 0 N–H and O–H groups in total. The molecular weight excluding hydrogens is 530 g/mol. The van der Waals surface area contributed by atoms with Crippen LogP contribution >= 0.6 is 31.9 Å². The number of unbranched alkanes of at least 4 members (excludes halogenated alkanes) is 1. The van der Waals surface area contributed by atoms with Crippen LogP contribution in [-0.4, -0.2) is 54.5 Å². The summed E-state index contributed by atoms with van der Waals surface area (Å²) in [5.41, 5.74) is 4.11. The molecular formula is C26H31Br2N3O. The molecule has 0 spiro atoms. The predicted octanol–water partition coefficient (Wildman–Crippen LogP) is 6.31. The highest BCUT2D eigenvalue weighted by Crippen LogP contribution is 2.49. The first kappa shape index (κ1) is 22.4. The van der Waals surface area contributed by atoms with Crippen LogP contribution in [0.3, 0.4) is 0 Å². The van der Waals surface area contributed by atoms with Crippen molar-refractivity contribution in [1.29, 1.82) is 0 Å². The van der Waals surface area contributed by atoms with Crippen molar-refractivity contribution in [2.24, 2.45) is 0 Å². The number of halogens is 2. The number of likely N-dealkylation sites (tertiary alicyclic amines) is 2. The minimum Gasteiger partial charge on any atom is -0.343 e. The quantitative estimate of drug-likeness (QED) is 0.387. The summed E-state index contributed by atoms with van der Waals surface area (Å²) in [7, 11) is 0. The maximum absolute atomic E-state index is 12.0. The minimum absolute atomic E-state index is 0.359. The Balaban J connectivity index is 1.24. The molecule has 2 aromatic rings. The first-order valence-electron chi connectivity index (χ1n) is 11.9. The number of amides is 1. The monoisotopic (exact) mass is 559 g/mol.